The number of aromatic hydroxyl groups is 1. The molecule has 2 heterocycles. The zero-order valence-corrected chi connectivity index (χ0v) is 9.50. The fraction of sp³-hybridized carbons (Fsp3) is 0.308. The van der Waals surface area contributed by atoms with Crippen LogP contribution in [0.25, 0.3) is 10.8 Å². The molecule has 4 heteroatoms. The van der Waals surface area contributed by atoms with Gasteiger partial charge in [0.25, 0.3) is 0 Å². The standard InChI is InChI=1S/C13H15N3O/c14-6-9-7-16(8-9)13-12-5-11(17)2-1-10(12)3-4-15-13/h1-5,9,17H,6-8,14H2. The van der Waals surface area contributed by atoms with Crippen molar-refractivity contribution in [2.75, 3.05) is 24.5 Å². The SMILES string of the molecule is NCC1CN(c2nccc3ccc(O)cc23)C1. The predicted octanol–water partition coefficient (Wildman–Crippen LogP) is 1.34. The highest BCUT2D eigenvalue weighted by atomic mass is 16.3. The molecule has 1 aromatic carbocycles. The summed E-state index contributed by atoms with van der Waals surface area (Å²) in [4.78, 5) is 6.62. The van der Waals surface area contributed by atoms with E-state index < -0.39 is 0 Å². The maximum atomic E-state index is 9.56. The molecule has 0 aliphatic carbocycles. The van der Waals surface area contributed by atoms with Gasteiger partial charge in [-0.2, -0.15) is 0 Å². The Morgan fingerprint density at radius 1 is 1.35 bits per heavy atom. The average Bonchev–Trinajstić information content (AvgIpc) is 2.28. The third-order valence-electron chi connectivity index (χ3n) is 3.32. The molecule has 1 aliphatic heterocycles. The van der Waals surface area contributed by atoms with Crippen LogP contribution in [0.2, 0.25) is 0 Å². The lowest BCUT2D eigenvalue weighted by Gasteiger charge is -2.40. The topological polar surface area (TPSA) is 62.4 Å². The van der Waals surface area contributed by atoms with Crippen LogP contribution >= 0.6 is 0 Å². The fourth-order valence-corrected chi connectivity index (χ4v) is 2.28. The lowest BCUT2D eigenvalue weighted by molar-refractivity contribution is 0.418. The normalized spacial score (nSPS) is 16.2. The molecule has 1 aromatic heterocycles. The molecule has 0 saturated carbocycles. The number of nitrogens with two attached hydrogens (primary N) is 1. The number of hydrogen-bond donors (Lipinski definition) is 2. The van der Waals surface area contributed by atoms with E-state index in [-0.39, 0.29) is 5.75 Å². The summed E-state index contributed by atoms with van der Waals surface area (Å²) in [5.41, 5.74) is 5.62. The molecule has 2 aromatic rings. The van der Waals surface area contributed by atoms with Crippen molar-refractivity contribution in [2.24, 2.45) is 11.7 Å². The Bertz CT molecular complexity index is 549. The molecule has 0 amide bonds. The first-order valence-corrected chi connectivity index (χ1v) is 5.80. The third-order valence-corrected chi connectivity index (χ3v) is 3.32. The van der Waals surface area contributed by atoms with E-state index in [1.54, 1.807) is 12.1 Å². The molecule has 0 radical (unpaired) electrons. The summed E-state index contributed by atoms with van der Waals surface area (Å²) in [7, 11) is 0. The van der Waals surface area contributed by atoms with Crippen LogP contribution in [0.15, 0.2) is 30.5 Å². The number of rotatable bonds is 2. The van der Waals surface area contributed by atoms with Gasteiger partial charge in [-0.05, 0) is 30.1 Å². The minimum Gasteiger partial charge on any atom is -0.508 e. The molecule has 17 heavy (non-hydrogen) atoms. The highest BCUT2D eigenvalue weighted by Crippen LogP contribution is 2.31. The van der Waals surface area contributed by atoms with Crippen LogP contribution in [0.1, 0.15) is 0 Å². The van der Waals surface area contributed by atoms with E-state index in [0.29, 0.717) is 5.92 Å². The van der Waals surface area contributed by atoms with Gasteiger partial charge in [0.05, 0.1) is 0 Å². The summed E-state index contributed by atoms with van der Waals surface area (Å²) < 4.78 is 0. The van der Waals surface area contributed by atoms with Crippen molar-refractivity contribution in [3.8, 4) is 5.75 Å². The summed E-state index contributed by atoms with van der Waals surface area (Å²) in [6, 6.07) is 7.34. The number of pyridine rings is 1. The van der Waals surface area contributed by atoms with E-state index in [4.69, 9.17) is 5.73 Å². The summed E-state index contributed by atoms with van der Waals surface area (Å²) >= 11 is 0. The van der Waals surface area contributed by atoms with Crippen molar-refractivity contribution < 1.29 is 5.11 Å². The second-order valence-electron chi connectivity index (χ2n) is 4.55. The highest BCUT2D eigenvalue weighted by Gasteiger charge is 2.27. The summed E-state index contributed by atoms with van der Waals surface area (Å²) in [6.07, 6.45) is 1.81. The van der Waals surface area contributed by atoms with Gasteiger partial charge in [-0.3, -0.25) is 0 Å². The molecule has 1 fully saturated rings. The second-order valence-corrected chi connectivity index (χ2v) is 4.55. The fourth-order valence-electron chi connectivity index (χ4n) is 2.28. The summed E-state index contributed by atoms with van der Waals surface area (Å²) in [6.45, 7) is 2.64. The maximum absolute atomic E-state index is 9.56. The number of benzene rings is 1. The monoisotopic (exact) mass is 229 g/mol. The summed E-state index contributed by atoms with van der Waals surface area (Å²) in [5.74, 6) is 1.80. The van der Waals surface area contributed by atoms with Crippen molar-refractivity contribution in [3.05, 3.63) is 30.5 Å². The largest absolute Gasteiger partial charge is 0.508 e. The van der Waals surface area contributed by atoms with Crippen molar-refractivity contribution in [3.63, 3.8) is 0 Å². The number of phenols is 1. The molecular formula is C13H15N3O. The molecule has 88 valence electrons. The van der Waals surface area contributed by atoms with Gasteiger partial charge in [-0.1, -0.05) is 6.07 Å². The zero-order valence-electron chi connectivity index (χ0n) is 9.50. The molecule has 3 N–H and O–H groups in total. The smallest absolute Gasteiger partial charge is 0.136 e. The lowest BCUT2D eigenvalue weighted by Crippen LogP contribution is -2.50. The number of fused-ring (bicyclic) bond motifs is 1. The van der Waals surface area contributed by atoms with Gasteiger partial charge in [0.1, 0.15) is 11.6 Å². The molecule has 1 aliphatic rings. The Balaban J connectivity index is 2.02. The Morgan fingerprint density at radius 2 is 2.18 bits per heavy atom. The number of nitrogens with zero attached hydrogens (tertiary/aromatic N) is 2. The lowest BCUT2D eigenvalue weighted by atomic mass is 9.99. The van der Waals surface area contributed by atoms with Crippen LogP contribution in [0.3, 0.4) is 0 Å². The van der Waals surface area contributed by atoms with E-state index in [2.05, 4.69) is 9.88 Å². The van der Waals surface area contributed by atoms with Gasteiger partial charge >= 0.3 is 0 Å². The van der Waals surface area contributed by atoms with Crippen LogP contribution in [-0.4, -0.2) is 29.7 Å². The Labute approximate surface area is 99.7 Å². The van der Waals surface area contributed by atoms with E-state index in [1.807, 2.05) is 18.3 Å². The van der Waals surface area contributed by atoms with Crippen LogP contribution in [0.4, 0.5) is 5.82 Å². The minimum absolute atomic E-state index is 0.280. The van der Waals surface area contributed by atoms with Crippen LogP contribution in [0, 0.1) is 5.92 Å². The molecule has 1 saturated heterocycles. The van der Waals surface area contributed by atoms with Gasteiger partial charge in [0.15, 0.2) is 0 Å². The Hall–Kier alpha value is -1.81. The number of aromatic nitrogens is 1. The molecule has 4 nitrogen and oxygen atoms in total. The average molecular weight is 229 g/mol. The van der Waals surface area contributed by atoms with Gasteiger partial charge in [0, 0.05) is 30.6 Å². The molecule has 0 spiro atoms. The number of anilines is 1. The van der Waals surface area contributed by atoms with Crippen molar-refractivity contribution in [2.45, 2.75) is 0 Å². The van der Waals surface area contributed by atoms with Crippen LogP contribution < -0.4 is 10.6 Å². The number of phenolic OH excluding ortho intramolecular Hbond substituents is 1. The minimum atomic E-state index is 0.280. The van der Waals surface area contributed by atoms with Crippen molar-refractivity contribution in [1.29, 1.82) is 0 Å². The van der Waals surface area contributed by atoms with Gasteiger partial charge in [-0.15, -0.1) is 0 Å². The zero-order chi connectivity index (χ0) is 11.8. The van der Waals surface area contributed by atoms with Crippen LogP contribution in [0.5, 0.6) is 5.75 Å². The Morgan fingerprint density at radius 3 is 2.94 bits per heavy atom. The molecular weight excluding hydrogens is 214 g/mol. The van der Waals surface area contributed by atoms with E-state index >= 15 is 0 Å². The molecule has 0 unspecified atom stereocenters. The van der Waals surface area contributed by atoms with Crippen molar-refractivity contribution >= 4 is 16.6 Å². The maximum Gasteiger partial charge on any atom is 0.136 e. The molecule has 3 rings (SSSR count). The van der Waals surface area contributed by atoms with E-state index in [1.165, 1.54) is 0 Å². The van der Waals surface area contributed by atoms with Crippen molar-refractivity contribution in [1.82, 2.24) is 4.98 Å². The number of hydrogen-bond acceptors (Lipinski definition) is 4. The molecule has 0 atom stereocenters. The second kappa shape index (κ2) is 3.89. The first-order chi connectivity index (χ1) is 8.28. The van der Waals surface area contributed by atoms with E-state index in [0.717, 1.165) is 36.2 Å². The van der Waals surface area contributed by atoms with Gasteiger partial charge in [-0.25, -0.2) is 4.98 Å². The van der Waals surface area contributed by atoms with Gasteiger partial charge < -0.3 is 15.7 Å². The van der Waals surface area contributed by atoms with Crippen LogP contribution in [-0.2, 0) is 0 Å². The Kier molecular flexibility index (Phi) is 2.37. The first kappa shape index (κ1) is 10.4. The molecule has 0 bridgehead atoms. The summed E-state index contributed by atoms with van der Waals surface area (Å²) in [5, 5.41) is 11.7. The quantitative estimate of drug-likeness (QED) is 0.815. The van der Waals surface area contributed by atoms with Gasteiger partial charge in [0.2, 0.25) is 0 Å². The first-order valence-electron chi connectivity index (χ1n) is 5.80. The van der Waals surface area contributed by atoms with E-state index in [9.17, 15) is 5.11 Å². The predicted molar refractivity (Wildman–Crippen MR) is 68.2 cm³/mol. The highest BCUT2D eigenvalue weighted by molar-refractivity contribution is 5.93. The third kappa shape index (κ3) is 1.70.